The van der Waals surface area contributed by atoms with Crippen LogP contribution < -0.4 is 5.19 Å². The van der Waals surface area contributed by atoms with Crippen LogP contribution in [0.5, 0.6) is 0 Å². The van der Waals surface area contributed by atoms with Crippen molar-refractivity contribution in [3.63, 3.8) is 0 Å². The van der Waals surface area contributed by atoms with Crippen LogP contribution in [0.2, 0.25) is 0 Å². The molecule has 0 saturated heterocycles. The highest BCUT2D eigenvalue weighted by Gasteiger charge is 2.38. The number of nitrogens with zero attached hydrogens (tertiary/aromatic N) is 2. The van der Waals surface area contributed by atoms with E-state index < -0.39 is 8.40 Å². The smallest absolute Gasteiger partial charge is 0.263 e. The van der Waals surface area contributed by atoms with Crippen LogP contribution in [0.1, 0.15) is 13.8 Å². The largest absolute Gasteiger partial charge is 0.410 e. The molecule has 1 aromatic rings. The fourth-order valence-corrected chi connectivity index (χ4v) is 7.18. The summed E-state index contributed by atoms with van der Waals surface area (Å²) in [6.45, 7) is 4.14. The van der Waals surface area contributed by atoms with Gasteiger partial charge in [-0.05, 0) is 47.2 Å². The van der Waals surface area contributed by atoms with E-state index in [1.165, 1.54) is 5.19 Å². The molecule has 0 saturated carbocycles. The molecule has 0 spiro atoms. The molecule has 0 N–H and O–H groups in total. The van der Waals surface area contributed by atoms with E-state index in [4.69, 9.17) is 4.43 Å². The minimum absolute atomic E-state index is 0.282. The average molecular weight is 307 g/mol. The minimum Gasteiger partial charge on any atom is -0.410 e. The van der Waals surface area contributed by atoms with Crippen LogP contribution in [-0.2, 0) is 4.43 Å². The quantitative estimate of drug-likeness (QED) is 0.711. The first-order valence-corrected chi connectivity index (χ1v) is 9.86. The van der Waals surface area contributed by atoms with E-state index in [1.807, 2.05) is 0 Å². The van der Waals surface area contributed by atoms with E-state index in [1.54, 1.807) is 0 Å². The fourth-order valence-electron chi connectivity index (χ4n) is 2.32. The van der Waals surface area contributed by atoms with E-state index in [2.05, 4.69) is 92.9 Å². The third kappa shape index (κ3) is 4.13. The predicted octanol–water partition coefficient (Wildman–Crippen LogP) is 1.56. The molecule has 5 heteroatoms. The van der Waals surface area contributed by atoms with Crippen molar-refractivity contribution in [2.24, 2.45) is 0 Å². The lowest BCUT2D eigenvalue weighted by atomic mass is 10.4. The van der Waals surface area contributed by atoms with Crippen LogP contribution in [0.25, 0.3) is 0 Å². The Morgan fingerprint density at radius 2 is 1.60 bits per heavy atom. The molecule has 3 nitrogen and oxygen atoms in total. The molecule has 0 aliphatic carbocycles. The molecule has 0 atom stereocenters. The van der Waals surface area contributed by atoms with Crippen LogP contribution in [0.4, 0.5) is 0 Å². The number of hydrogen-bond donors (Lipinski definition) is 0. The Hall–Kier alpha value is -0.726. The van der Waals surface area contributed by atoms with Gasteiger partial charge in [0, 0.05) is 6.10 Å². The molecule has 0 aromatic heterocycles. The summed E-state index contributed by atoms with van der Waals surface area (Å²) in [5.74, 6) is 0. The Labute approximate surface area is 127 Å². The molecule has 20 heavy (non-hydrogen) atoms. The van der Waals surface area contributed by atoms with Crippen molar-refractivity contribution in [1.29, 1.82) is 0 Å². The molecular formula is C15H26N2OSi2. The Kier molecular flexibility index (Phi) is 6.84. The maximum atomic E-state index is 5.66. The number of rotatable bonds is 7. The van der Waals surface area contributed by atoms with Gasteiger partial charge in [-0.15, -0.1) is 0 Å². The van der Waals surface area contributed by atoms with E-state index in [9.17, 15) is 0 Å². The topological polar surface area (TPSA) is 15.7 Å². The molecule has 0 fully saturated rings. The monoisotopic (exact) mass is 306 g/mol. The highest BCUT2D eigenvalue weighted by atomic mass is 28.3. The molecule has 110 valence electrons. The lowest BCUT2D eigenvalue weighted by molar-refractivity contribution is 0.260. The van der Waals surface area contributed by atoms with E-state index in [0.29, 0.717) is 9.76 Å². The maximum absolute atomic E-state index is 5.66. The standard InChI is InChI=1S/C15H26N2OSi2/c1-14(2)18-19-12-13-20(16(3)4,17(5)6)15-10-8-7-9-11-15/h7-14H,1-6H3/b13-12+. The van der Waals surface area contributed by atoms with E-state index in [0.717, 1.165) is 0 Å². The summed E-state index contributed by atoms with van der Waals surface area (Å²) in [6, 6.07) is 10.8. The van der Waals surface area contributed by atoms with Gasteiger partial charge in [-0.1, -0.05) is 41.7 Å². The van der Waals surface area contributed by atoms with Gasteiger partial charge < -0.3 is 13.6 Å². The van der Waals surface area contributed by atoms with Gasteiger partial charge in [0.2, 0.25) is 0 Å². The highest BCUT2D eigenvalue weighted by molar-refractivity contribution is 6.91. The second kappa shape index (κ2) is 7.90. The van der Waals surface area contributed by atoms with Crippen molar-refractivity contribution in [3.05, 3.63) is 41.7 Å². The van der Waals surface area contributed by atoms with Gasteiger partial charge in [0.1, 0.15) is 0 Å². The molecule has 0 amide bonds. The van der Waals surface area contributed by atoms with Crippen molar-refractivity contribution < 1.29 is 4.43 Å². The van der Waals surface area contributed by atoms with Gasteiger partial charge in [0.05, 0.1) is 0 Å². The lowest BCUT2D eigenvalue weighted by Crippen LogP contribution is -2.67. The van der Waals surface area contributed by atoms with Gasteiger partial charge in [0.15, 0.2) is 0 Å². The van der Waals surface area contributed by atoms with Gasteiger partial charge >= 0.3 is 0 Å². The predicted molar refractivity (Wildman–Crippen MR) is 90.3 cm³/mol. The first-order chi connectivity index (χ1) is 9.41. The normalized spacial score (nSPS) is 13.1. The Morgan fingerprint density at radius 3 is 2.05 bits per heavy atom. The zero-order valence-corrected chi connectivity index (χ0v) is 15.4. The molecule has 0 unspecified atom stereocenters. The molecule has 1 rings (SSSR count). The summed E-state index contributed by atoms with van der Waals surface area (Å²) in [6.07, 6.45) is 0.282. The van der Waals surface area contributed by atoms with E-state index in [-0.39, 0.29) is 6.10 Å². The van der Waals surface area contributed by atoms with Gasteiger partial charge in [-0.2, -0.15) is 0 Å². The summed E-state index contributed by atoms with van der Waals surface area (Å²) in [5, 5.41) is 1.39. The van der Waals surface area contributed by atoms with Crippen molar-refractivity contribution in [2.75, 3.05) is 28.2 Å². The molecular weight excluding hydrogens is 280 g/mol. The van der Waals surface area contributed by atoms with Crippen LogP contribution in [0, 0.1) is 0 Å². The van der Waals surface area contributed by atoms with Crippen LogP contribution in [0.3, 0.4) is 0 Å². The van der Waals surface area contributed by atoms with Crippen molar-refractivity contribution in [2.45, 2.75) is 20.0 Å². The number of hydrogen-bond acceptors (Lipinski definition) is 3. The van der Waals surface area contributed by atoms with Crippen LogP contribution in [0.15, 0.2) is 41.7 Å². The molecule has 0 heterocycles. The lowest BCUT2D eigenvalue weighted by Gasteiger charge is -2.40. The van der Waals surface area contributed by atoms with Crippen molar-refractivity contribution >= 4 is 23.3 Å². The molecule has 2 radical (unpaired) electrons. The summed E-state index contributed by atoms with van der Waals surface area (Å²) < 4.78 is 10.4. The van der Waals surface area contributed by atoms with Gasteiger partial charge in [-0.25, -0.2) is 0 Å². The SMILES string of the molecule is CC(C)O[Si]/C=C/[Si](c1ccccc1)(N(C)C)N(C)C. The zero-order chi connectivity index (χ0) is 15.2. The first-order valence-electron chi connectivity index (χ1n) is 6.90. The Morgan fingerprint density at radius 1 is 1.05 bits per heavy atom. The molecule has 0 bridgehead atoms. The third-order valence-corrected chi connectivity index (χ3v) is 9.04. The average Bonchev–Trinajstić information content (AvgIpc) is 2.38. The van der Waals surface area contributed by atoms with Crippen molar-refractivity contribution in [3.8, 4) is 0 Å². The number of benzene rings is 1. The molecule has 1 aromatic carbocycles. The second-order valence-electron chi connectivity index (χ2n) is 5.50. The zero-order valence-electron chi connectivity index (χ0n) is 13.4. The summed E-state index contributed by atoms with van der Waals surface area (Å²) >= 11 is 0. The second-order valence-corrected chi connectivity index (χ2v) is 10.5. The van der Waals surface area contributed by atoms with Crippen LogP contribution in [-0.4, -0.2) is 61.6 Å². The Balaban J connectivity index is 3.07. The van der Waals surface area contributed by atoms with Gasteiger partial charge in [-0.3, -0.25) is 0 Å². The van der Waals surface area contributed by atoms with Crippen LogP contribution >= 0.6 is 0 Å². The first kappa shape index (κ1) is 17.3. The minimum atomic E-state index is -1.99. The highest BCUT2D eigenvalue weighted by Crippen LogP contribution is 2.12. The third-order valence-electron chi connectivity index (χ3n) is 3.25. The fraction of sp³-hybridized carbons (Fsp3) is 0.467. The Bertz CT molecular complexity index is 411. The molecule has 0 aliphatic rings. The summed E-state index contributed by atoms with van der Waals surface area (Å²) in [5.41, 5.74) is 4.56. The summed E-state index contributed by atoms with van der Waals surface area (Å²) in [4.78, 5) is 0. The van der Waals surface area contributed by atoms with Gasteiger partial charge in [0.25, 0.3) is 18.2 Å². The summed E-state index contributed by atoms with van der Waals surface area (Å²) in [7, 11) is 7.08. The maximum Gasteiger partial charge on any atom is 0.263 e. The molecule has 0 aliphatic heterocycles. The van der Waals surface area contributed by atoms with E-state index >= 15 is 0 Å². The van der Waals surface area contributed by atoms with Crippen molar-refractivity contribution in [1.82, 2.24) is 9.13 Å².